The van der Waals surface area contributed by atoms with E-state index < -0.39 is 0 Å². The number of carbonyl (C=O) groups excluding carboxylic acids is 1. The third kappa shape index (κ3) is 3.19. The molecule has 3 heteroatoms. The van der Waals surface area contributed by atoms with Gasteiger partial charge in [-0.05, 0) is 68.4 Å². The highest BCUT2D eigenvalue weighted by molar-refractivity contribution is 5.92. The molecule has 0 radical (unpaired) electrons. The SMILES string of the molecule is Cc1cccc(C(=O)NC(C)c2ccc3c(c2)CCCC3)n1. The van der Waals surface area contributed by atoms with E-state index in [4.69, 9.17) is 0 Å². The molecule has 1 atom stereocenters. The summed E-state index contributed by atoms with van der Waals surface area (Å²) in [6.07, 6.45) is 4.90. The van der Waals surface area contributed by atoms with Gasteiger partial charge in [0, 0.05) is 5.69 Å². The van der Waals surface area contributed by atoms with Crippen molar-refractivity contribution in [2.24, 2.45) is 0 Å². The number of rotatable bonds is 3. The normalized spacial score (nSPS) is 15.0. The number of amides is 1. The smallest absolute Gasteiger partial charge is 0.270 e. The Morgan fingerprint density at radius 1 is 1.14 bits per heavy atom. The Labute approximate surface area is 131 Å². The van der Waals surface area contributed by atoms with Crippen LogP contribution in [0, 0.1) is 6.92 Å². The van der Waals surface area contributed by atoms with Crippen molar-refractivity contribution >= 4 is 5.91 Å². The largest absolute Gasteiger partial charge is 0.344 e. The van der Waals surface area contributed by atoms with Crippen molar-refractivity contribution in [1.29, 1.82) is 0 Å². The first-order valence-corrected chi connectivity index (χ1v) is 8.00. The van der Waals surface area contributed by atoms with Crippen molar-refractivity contribution in [3.05, 3.63) is 64.5 Å². The van der Waals surface area contributed by atoms with Gasteiger partial charge in [-0.3, -0.25) is 4.79 Å². The molecule has 1 unspecified atom stereocenters. The lowest BCUT2D eigenvalue weighted by atomic mass is 9.89. The van der Waals surface area contributed by atoms with Crippen LogP contribution < -0.4 is 5.32 Å². The highest BCUT2D eigenvalue weighted by Gasteiger charge is 2.15. The van der Waals surface area contributed by atoms with Gasteiger partial charge >= 0.3 is 0 Å². The zero-order valence-corrected chi connectivity index (χ0v) is 13.2. The second kappa shape index (κ2) is 6.30. The fourth-order valence-corrected chi connectivity index (χ4v) is 3.05. The molecule has 114 valence electrons. The molecule has 0 aliphatic heterocycles. The molecule has 1 heterocycles. The van der Waals surface area contributed by atoms with Crippen LogP contribution in [0.15, 0.2) is 36.4 Å². The first-order chi connectivity index (χ1) is 10.6. The van der Waals surface area contributed by atoms with Crippen molar-refractivity contribution in [2.75, 3.05) is 0 Å². The second-order valence-electron chi connectivity index (χ2n) is 6.09. The summed E-state index contributed by atoms with van der Waals surface area (Å²) in [5.41, 5.74) is 5.41. The van der Waals surface area contributed by atoms with Gasteiger partial charge in [0.15, 0.2) is 0 Å². The van der Waals surface area contributed by atoms with Crippen LogP contribution in [0.1, 0.15) is 58.7 Å². The maximum Gasteiger partial charge on any atom is 0.270 e. The van der Waals surface area contributed by atoms with Gasteiger partial charge in [-0.2, -0.15) is 0 Å². The van der Waals surface area contributed by atoms with Gasteiger partial charge in [0.25, 0.3) is 5.91 Å². The lowest BCUT2D eigenvalue weighted by molar-refractivity contribution is 0.0934. The highest BCUT2D eigenvalue weighted by Crippen LogP contribution is 2.24. The van der Waals surface area contributed by atoms with Crippen LogP contribution in [0.25, 0.3) is 0 Å². The molecule has 3 nitrogen and oxygen atoms in total. The maximum absolute atomic E-state index is 12.3. The van der Waals surface area contributed by atoms with E-state index in [2.05, 4.69) is 28.5 Å². The lowest BCUT2D eigenvalue weighted by Gasteiger charge is -2.20. The highest BCUT2D eigenvalue weighted by atomic mass is 16.1. The third-order valence-corrected chi connectivity index (χ3v) is 4.34. The molecular weight excluding hydrogens is 272 g/mol. The molecular formula is C19H22N2O. The molecule has 3 rings (SSSR count). The summed E-state index contributed by atoms with van der Waals surface area (Å²) in [6, 6.07) is 12.1. The van der Waals surface area contributed by atoms with E-state index >= 15 is 0 Å². The van der Waals surface area contributed by atoms with E-state index in [1.807, 2.05) is 26.0 Å². The van der Waals surface area contributed by atoms with Crippen LogP contribution in [-0.4, -0.2) is 10.9 Å². The summed E-state index contributed by atoms with van der Waals surface area (Å²) in [6.45, 7) is 3.92. The summed E-state index contributed by atoms with van der Waals surface area (Å²) in [7, 11) is 0. The molecule has 1 aromatic heterocycles. The first-order valence-electron chi connectivity index (χ1n) is 8.00. The number of hydrogen-bond acceptors (Lipinski definition) is 2. The molecule has 1 aromatic carbocycles. The van der Waals surface area contributed by atoms with Crippen LogP contribution in [0.2, 0.25) is 0 Å². The lowest BCUT2D eigenvalue weighted by Crippen LogP contribution is -2.27. The van der Waals surface area contributed by atoms with E-state index in [9.17, 15) is 4.79 Å². The van der Waals surface area contributed by atoms with Crippen LogP contribution in [0.3, 0.4) is 0 Å². The molecule has 0 saturated carbocycles. The van der Waals surface area contributed by atoms with E-state index in [-0.39, 0.29) is 11.9 Å². The number of fused-ring (bicyclic) bond motifs is 1. The summed E-state index contributed by atoms with van der Waals surface area (Å²) < 4.78 is 0. The number of aromatic nitrogens is 1. The van der Waals surface area contributed by atoms with Gasteiger partial charge in [0.1, 0.15) is 5.69 Å². The van der Waals surface area contributed by atoms with Gasteiger partial charge in [-0.25, -0.2) is 4.98 Å². The molecule has 1 aliphatic rings. The molecule has 1 N–H and O–H groups in total. The Morgan fingerprint density at radius 2 is 1.91 bits per heavy atom. The van der Waals surface area contributed by atoms with E-state index in [1.165, 1.54) is 36.0 Å². The predicted molar refractivity (Wildman–Crippen MR) is 87.9 cm³/mol. The van der Waals surface area contributed by atoms with Gasteiger partial charge in [-0.15, -0.1) is 0 Å². The topological polar surface area (TPSA) is 42.0 Å². The standard InChI is InChI=1S/C19H22N2O/c1-13-6-5-9-18(20-13)19(22)21-14(2)16-11-10-15-7-3-4-8-17(15)12-16/h5-6,9-12,14H,3-4,7-8H2,1-2H3,(H,21,22). The molecule has 0 bridgehead atoms. The minimum absolute atomic E-state index is 0.0120. The van der Waals surface area contributed by atoms with Crippen molar-refractivity contribution in [2.45, 2.75) is 45.6 Å². The minimum Gasteiger partial charge on any atom is -0.344 e. The van der Waals surface area contributed by atoms with Gasteiger partial charge in [0.2, 0.25) is 0 Å². The molecule has 0 fully saturated rings. The average molecular weight is 294 g/mol. The summed E-state index contributed by atoms with van der Waals surface area (Å²) >= 11 is 0. The zero-order chi connectivity index (χ0) is 15.5. The average Bonchev–Trinajstić information content (AvgIpc) is 2.54. The Morgan fingerprint density at radius 3 is 2.68 bits per heavy atom. The first kappa shape index (κ1) is 14.8. The predicted octanol–water partition coefficient (Wildman–Crippen LogP) is 3.76. The van der Waals surface area contributed by atoms with Crippen molar-refractivity contribution in [3.8, 4) is 0 Å². The number of hydrogen-bond donors (Lipinski definition) is 1. The number of aryl methyl sites for hydroxylation is 3. The van der Waals surface area contributed by atoms with Gasteiger partial charge < -0.3 is 5.32 Å². The van der Waals surface area contributed by atoms with Crippen LogP contribution in [0.5, 0.6) is 0 Å². The Bertz CT molecular complexity index is 694. The Balaban J connectivity index is 1.74. The zero-order valence-electron chi connectivity index (χ0n) is 13.2. The Hall–Kier alpha value is -2.16. The number of pyridine rings is 1. The number of nitrogens with zero attached hydrogens (tertiary/aromatic N) is 1. The summed E-state index contributed by atoms with van der Waals surface area (Å²) in [4.78, 5) is 16.6. The molecule has 1 amide bonds. The third-order valence-electron chi connectivity index (χ3n) is 4.34. The summed E-state index contributed by atoms with van der Waals surface area (Å²) in [5.74, 6) is -0.117. The fraction of sp³-hybridized carbons (Fsp3) is 0.368. The van der Waals surface area contributed by atoms with Crippen molar-refractivity contribution in [3.63, 3.8) is 0 Å². The van der Waals surface area contributed by atoms with Crippen molar-refractivity contribution < 1.29 is 4.79 Å². The second-order valence-corrected chi connectivity index (χ2v) is 6.09. The van der Waals surface area contributed by atoms with Crippen molar-refractivity contribution in [1.82, 2.24) is 10.3 Å². The van der Waals surface area contributed by atoms with E-state index in [1.54, 1.807) is 6.07 Å². The monoisotopic (exact) mass is 294 g/mol. The van der Waals surface area contributed by atoms with E-state index in [0.29, 0.717) is 5.69 Å². The summed E-state index contributed by atoms with van der Waals surface area (Å²) in [5, 5.41) is 3.05. The van der Waals surface area contributed by atoms with Crippen LogP contribution >= 0.6 is 0 Å². The minimum atomic E-state index is -0.117. The van der Waals surface area contributed by atoms with E-state index in [0.717, 1.165) is 12.1 Å². The number of nitrogens with one attached hydrogen (secondary N) is 1. The molecule has 0 spiro atoms. The number of benzene rings is 1. The number of carbonyl (C=O) groups is 1. The quantitative estimate of drug-likeness (QED) is 0.936. The fourth-order valence-electron chi connectivity index (χ4n) is 3.05. The maximum atomic E-state index is 12.3. The molecule has 2 aromatic rings. The van der Waals surface area contributed by atoms with Gasteiger partial charge in [0.05, 0.1) is 6.04 Å². The van der Waals surface area contributed by atoms with Crippen LogP contribution in [0.4, 0.5) is 0 Å². The Kier molecular flexibility index (Phi) is 4.23. The molecule has 1 aliphatic carbocycles. The molecule has 0 saturated heterocycles. The van der Waals surface area contributed by atoms with Crippen LogP contribution in [-0.2, 0) is 12.8 Å². The van der Waals surface area contributed by atoms with Gasteiger partial charge in [-0.1, -0.05) is 24.3 Å². The molecule has 22 heavy (non-hydrogen) atoms.